The molecule has 0 aliphatic heterocycles. The molecule has 0 saturated carbocycles. The van der Waals surface area contributed by atoms with Gasteiger partial charge < -0.3 is 14.8 Å². The summed E-state index contributed by atoms with van der Waals surface area (Å²) in [5.41, 5.74) is 4.03. The van der Waals surface area contributed by atoms with E-state index in [-0.39, 0.29) is 18.1 Å². The molecule has 3 aromatic rings. The van der Waals surface area contributed by atoms with E-state index in [0.29, 0.717) is 18.9 Å². The maximum absolute atomic E-state index is 12.2. The number of rotatable bonds is 6. The fourth-order valence-corrected chi connectivity index (χ4v) is 2.76. The Balaban J connectivity index is 1.81. The van der Waals surface area contributed by atoms with Gasteiger partial charge >= 0.3 is 0 Å². The molecule has 0 aliphatic rings. The molecular formula is C20H21N3O3. The van der Waals surface area contributed by atoms with E-state index >= 15 is 0 Å². The topological polar surface area (TPSA) is 88.1 Å². The first-order valence-electron chi connectivity index (χ1n) is 8.47. The number of hydrogen-bond acceptors (Lipinski definition) is 5. The van der Waals surface area contributed by atoms with Gasteiger partial charge in [-0.05, 0) is 42.2 Å². The first-order chi connectivity index (χ1) is 12.6. The SMILES string of the molecule is CCOCc1nc(=O)c(Cc2ccc(-c3ccncc3C)cc2)c(O)[nH]1. The molecule has 0 bridgehead atoms. The van der Waals surface area contributed by atoms with E-state index in [1.165, 1.54) is 0 Å². The van der Waals surface area contributed by atoms with Crippen molar-refractivity contribution in [2.24, 2.45) is 0 Å². The fourth-order valence-electron chi connectivity index (χ4n) is 2.76. The quantitative estimate of drug-likeness (QED) is 0.713. The average molecular weight is 351 g/mol. The van der Waals surface area contributed by atoms with Crippen molar-refractivity contribution in [3.63, 3.8) is 0 Å². The van der Waals surface area contributed by atoms with Crippen LogP contribution in [-0.2, 0) is 17.8 Å². The number of aromatic amines is 1. The van der Waals surface area contributed by atoms with E-state index in [1.807, 2.05) is 50.4 Å². The molecule has 0 unspecified atom stereocenters. The van der Waals surface area contributed by atoms with Crippen LogP contribution in [0.3, 0.4) is 0 Å². The highest BCUT2D eigenvalue weighted by Gasteiger charge is 2.12. The van der Waals surface area contributed by atoms with Gasteiger partial charge in [0.15, 0.2) is 5.88 Å². The molecule has 0 spiro atoms. The third-order valence-electron chi connectivity index (χ3n) is 4.15. The minimum absolute atomic E-state index is 0.159. The van der Waals surface area contributed by atoms with Crippen LogP contribution in [0.4, 0.5) is 0 Å². The lowest BCUT2D eigenvalue weighted by atomic mass is 9.99. The molecule has 0 radical (unpaired) electrons. The van der Waals surface area contributed by atoms with Crippen molar-refractivity contribution in [1.29, 1.82) is 0 Å². The summed E-state index contributed by atoms with van der Waals surface area (Å²) in [6, 6.07) is 9.87. The molecule has 0 saturated heterocycles. The summed E-state index contributed by atoms with van der Waals surface area (Å²) >= 11 is 0. The molecule has 2 heterocycles. The molecule has 6 nitrogen and oxygen atoms in total. The maximum atomic E-state index is 12.2. The lowest BCUT2D eigenvalue weighted by molar-refractivity contribution is 0.127. The normalized spacial score (nSPS) is 10.8. The van der Waals surface area contributed by atoms with E-state index in [9.17, 15) is 9.90 Å². The standard InChI is InChI=1S/C20H21N3O3/c1-3-26-12-18-22-19(24)17(20(25)23-18)10-14-4-6-15(7-5-14)16-8-9-21-11-13(16)2/h4-9,11H,3,10,12H2,1-2H3,(H2,22,23,24,25). The van der Waals surface area contributed by atoms with Crippen molar-refractivity contribution in [3.8, 4) is 17.0 Å². The fraction of sp³-hybridized carbons (Fsp3) is 0.250. The Hall–Kier alpha value is -2.99. The number of aromatic hydroxyl groups is 1. The molecule has 0 aliphatic carbocycles. The Bertz CT molecular complexity index is 949. The number of nitrogens with zero attached hydrogens (tertiary/aromatic N) is 2. The number of aryl methyl sites for hydroxylation is 1. The summed E-state index contributed by atoms with van der Waals surface area (Å²) in [6.07, 6.45) is 3.90. The van der Waals surface area contributed by atoms with Gasteiger partial charge in [-0.1, -0.05) is 24.3 Å². The van der Waals surface area contributed by atoms with Crippen LogP contribution in [0.2, 0.25) is 0 Å². The third kappa shape index (κ3) is 3.97. The van der Waals surface area contributed by atoms with Crippen molar-refractivity contribution in [3.05, 3.63) is 75.6 Å². The van der Waals surface area contributed by atoms with Crippen LogP contribution in [0.5, 0.6) is 5.88 Å². The maximum Gasteiger partial charge on any atom is 0.280 e. The van der Waals surface area contributed by atoms with E-state index in [2.05, 4.69) is 15.0 Å². The predicted molar refractivity (Wildman–Crippen MR) is 99.1 cm³/mol. The number of nitrogens with one attached hydrogen (secondary N) is 1. The Kier molecular flexibility index (Phi) is 5.43. The lowest BCUT2D eigenvalue weighted by Crippen LogP contribution is -2.17. The van der Waals surface area contributed by atoms with Gasteiger partial charge in [-0.2, -0.15) is 4.98 Å². The van der Waals surface area contributed by atoms with Crippen molar-refractivity contribution in [2.45, 2.75) is 26.9 Å². The first-order valence-corrected chi connectivity index (χ1v) is 8.47. The lowest BCUT2D eigenvalue weighted by Gasteiger charge is -2.08. The zero-order valence-electron chi connectivity index (χ0n) is 14.8. The van der Waals surface area contributed by atoms with Gasteiger partial charge in [-0.25, -0.2) is 0 Å². The molecule has 134 valence electrons. The number of H-pyrrole nitrogens is 1. The number of aromatic nitrogens is 3. The second kappa shape index (κ2) is 7.93. The first kappa shape index (κ1) is 17.8. The molecule has 6 heteroatoms. The summed E-state index contributed by atoms with van der Waals surface area (Å²) in [7, 11) is 0. The van der Waals surface area contributed by atoms with Crippen LogP contribution in [0.25, 0.3) is 11.1 Å². The molecule has 2 N–H and O–H groups in total. The van der Waals surface area contributed by atoms with E-state index < -0.39 is 5.56 Å². The highest BCUT2D eigenvalue weighted by molar-refractivity contribution is 5.66. The average Bonchev–Trinajstić information content (AvgIpc) is 2.64. The second-order valence-electron chi connectivity index (χ2n) is 6.02. The van der Waals surface area contributed by atoms with Crippen LogP contribution < -0.4 is 5.56 Å². The van der Waals surface area contributed by atoms with Gasteiger partial charge in [-0.15, -0.1) is 0 Å². The Morgan fingerprint density at radius 3 is 2.62 bits per heavy atom. The van der Waals surface area contributed by atoms with E-state index in [1.54, 1.807) is 6.20 Å². The van der Waals surface area contributed by atoms with Crippen LogP contribution in [-0.4, -0.2) is 26.7 Å². The minimum Gasteiger partial charge on any atom is -0.494 e. The summed E-state index contributed by atoms with van der Waals surface area (Å²) in [4.78, 5) is 23.0. The van der Waals surface area contributed by atoms with Gasteiger partial charge in [0.05, 0.1) is 5.56 Å². The zero-order valence-corrected chi connectivity index (χ0v) is 14.8. The van der Waals surface area contributed by atoms with Crippen molar-refractivity contribution in [1.82, 2.24) is 15.0 Å². The van der Waals surface area contributed by atoms with Gasteiger partial charge in [-0.3, -0.25) is 9.78 Å². The number of hydrogen-bond donors (Lipinski definition) is 2. The molecule has 0 amide bonds. The smallest absolute Gasteiger partial charge is 0.280 e. The summed E-state index contributed by atoms with van der Waals surface area (Å²) < 4.78 is 5.20. The van der Waals surface area contributed by atoms with Gasteiger partial charge in [0.1, 0.15) is 12.4 Å². The zero-order chi connectivity index (χ0) is 18.5. The van der Waals surface area contributed by atoms with Gasteiger partial charge in [0, 0.05) is 25.4 Å². The summed E-state index contributed by atoms with van der Waals surface area (Å²) in [6.45, 7) is 4.54. The van der Waals surface area contributed by atoms with Crippen LogP contribution in [0.15, 0.2) is 47.5 Å². The molecular weight excluding hydrogens is 330 g/mol. The molecule has 2 aromatic heterocycles. The van der Waals surface area contributed by atoms with Crippen LogP contribution in [0, 0.1) is 6.92 Å². The third-order valence-corrected chi connectivity index (χ3v) is 4.15. The van der Waals surface area contributed by atoms with Crippen molar-refractivity contribution >= 4 is 0 Å². The van der Waals surface area contributed by atoms with E-state index in [0.717, 1.165) is 22.3 Å². The molecule has 26 heavy (non-hydrogen) atoms. The Morgan fingerprint density at radius 1 is 1.19 bits per heavy atom. The molecule has 1 aromatic carbocycles. The predicted octanol–water partition coefficient (Wildman–Crippen LogP) is 2.97. The van der Waals surface area contributed by atoms with Gasteiger partial charge in [0.25, 0.3) is 5.56 Å². The Morgan fingerprint density at radius 2 is 1.96 bits per heavy atom. The summed E-state index contributed by atoms with van der Waals surface area (Å²) in [5, 5.41) is 10.1. The number of benzene rings is 1. The highest BCUT2D eigenvalue weighted by atomic mass is 16.5. The second-order valence-corrected chi connectivity index (χ2v) is 6.02. The highest BCUT2D eigenvalue weighted by Crippen LogP contribution is 2.23. The Labute approximate surface area is 151 Å². The number of ether oxygens (including phenoxy) is 1. The molecule has 3 rings (SSSR count). The van der Waals surface area contributed by atoms with Crippen LogP contribution in [0.1, 0.15) is 29.4 Å². The monoisotopic (exact) mass is 351 g/mol. The summed E-state index contributed by atoms with van der Waals surface area (Å²) in [5.74, 6) is 0.162. The van der Waals surface area contributed by atoms with Crippen LogP contribution >= 0.6 is 0 Å². The molecule has 0 atom stereocenters. The largest absolute Gasteiger partial charge is 0.494 e. The minimum atomic E-state index is -0.440. The van der Waals surface area contributed by atoms with Crippen molar-refractivity contribution in [2.75, 3.05) is 6.61 Å². The molecule has 0 fully saturated rings. The van der Waals surface area contributed by atoms with E-state index in [4.69, 9.17) is 4.74 Å². The van der Waals surface area contributed by atoms with Gasteiger partial charge in [0.2, 0.25) is 0 Å². The number of pyridine rings is 1. The van der Waals surface area contributed by atoms with Crippen molar-refractivity contribution < 1.29 is 9.84 Å².